The predicted molar refractivity (Wildman–Crippen MR) is 127 cm³/mol. The SMILES string of the molecule is COC(=O)c1sc(NC(=O)c2cc(-c3ccc(OC)cc3)nc3ccccc23)c(C#N)c1C. The van der Waals surface area contributed by atoms with E-state index in [2.05, 4.69) is 11.4 Å². The average molecular weight is 458 g/mol. The van der Waals surface area contributed by atoms with Crippen molar-refractivity contribution in [2.45, 2.75) is 6.92 Å². The lowest BCUT2D eigenvalue weighted by atomic mass is 10.0. The summed E-state index contributed by atoms with van der Waals surface area (Å²) in [5.41, 5.74) is 3.23. The molecule has 2 heterocycles. The van der Waals surface area contributed by atoms with E-state index >= 15 is 0 Å². The number of fused-ring (bicyclic) bond motifs is 1. The summed E-state index contributed by atoms with van der Waals surface area (Å²) in [4.78, 5) is 30.4. The van der Waals surface area contributed by atoms with Gasteiger partial charge in [0.2, 0.25) is 0 Å². The van der Waals surface area contributed by atoms with Crippen molar-refractivity contribution in [1.82, 2.24) is 4.98 Å². The molecule has 33 heavy (non-hydrogen) atoms. The maximum absolute atomic E-state index is 13.4. The Morgan fingerprint density at radius 1 is 1.09 bits per heavy atom. The number of carbonyl (C=O) groups is 2. The lowest BCUT2D eigenvalue weighted by Gasteiger charge is -2.10. The number of nitriles is 1. The molecule has 1 N–H and O–H groups in total. The smallest absolute Gasteiger partial charge is 0.348 e. The maximum Gasteiger partial charge on any atom is 0.348 e. The largest absolute Gasteiger partial charge is 0.497 e. The Kier molecular flexibility index (Phi) is 6.07. The molecule has 7 nitrogen and oxygen atoms in total. The van der Waals surface area contributed by atoms with Gasteiger partial charge in [-0.15, -0.1) is 11.3 Å². The molecule has 4 rings (SSSR count). The highest BCUT2D eigenvalue weighted by atomic mass is 32.1. The number of amides is 1. The molecule has 2 aromatic carbocycles. The van der Waals surface area contributed by atoms with Gasteiger partial charge < -0.3 is 14.8 Å². The Morgan fingerprint density at radius 3 is 2.48 bits per heavy atom. The topological polar surface area (TPSA) is 101 Å². The second-order valence-electron chi connectivity index (χ2n) is 7.12. The lowest BCUT2D eigenvalue weighted by Crippen LogP contribution is -2.13. The monoisotopic (exact) mass is 457 g/mol. The Bertz CT molecular complexity index is 1420. The van der Waals surface area contributed by atoms with Crippen LogP contribution in [0.15, 0.2) is 54.6 Å². The van der Waals surface area contributed by atoms with Crippen molar-refractivity contribution in [3.8, 4) is 23.1 Å². The fraction of sp³-hybridized carbons (Fsp3) is 0.120. The first-order valence-corrected chi connectivity index (χ1v) is 10.8. The van der Waals surface area contributed by atoms with Crippen LogP contribution in [0.25, 0.3) is 22.2 Å². The van der Waals surface area contributed by atoms with Gasteiger partial charge in [0.05, 0.1) is 36.6 Å². The van der Waals surface area contributed by atoms with Crippen molar-refractivity contribution in [2.24, 2.45) is 0 Å². The van der Waals surface area contributed by atoms with Crippen LogP contribution in [-0.2, 0) is 4.74 Å². The minimum atomic E-state index is -0.550. The number of nitrogens with zero attached hydrogens (tertiary/aromatic N) is 2. The Balaban J connectivity index is 1.79. The molecule has 0 aliphatic carbocycles. The van der Waals surface area contributed by atoms with Gasteiger partial charge in [-0.3, -0.25) is 4.79 Å². The van der Waals surface area contributed by atoms with Crippen LogP contribution >= 0.6 is 11.3 Å². The number of pyridine rings is 1. The van der Waals surface area contributed by atoms with Crippen LogP contribution in [0.2, 0.25) is 0 Å². The van der Waals surface area contributed by atoms with Crippen molar-refractivity contribution in [1.29, 1.82) is 5.26 Å². The zero-order valence-corrected chi connectivity index (χ0v) is 18.9. The zero-order valence-electron chi connectivity index (χ0n) is 18.1. The van der Waals surface area contributed by atoms with Gasteiger partial charge in [0, 0.05) is 10.9 Å². The summed E-state index contributed by atoms with van der Waals surface area (Å²) in [6, 6.07) is 18.5. The highest BCUT2D eigenvalue weighted by Crippen LogP contribution is 2.34. The van der Waals surface area contributed by atoms with E-state index in [1.165, 1.54) is 7.11 Å². The van der Waals surface area contributed by atoms with Gasteiger partial charge in [-0.1, -0.05) is 18.2 Å². The number of hydrogen-bond acceptors (Lipinski definition) is 7. The van der Waals surface area contributed by atoms with Crippen LogP contribution in [0.1, 0.15) is 31.2 Å². The Hall–Kier alpha value is -4.22. The van der Waals surface area contributed by atoms with E-state index in [1.54, 1.807) is 20.1 Å². The van der Waals surface area contributed by atoms with Gasteiger partial charge in [0.15, 0.2) is 0 Å². The summed E-state index contributed by atoms with van der Waals surface area (Å²) in [7, 11) is 2.87. The molecule has 0 aliphatic heterocycles. The fourth-order valence-electron chi connectivity index (χ4n) is 3.47. The number of para-hydroxylation sites is 1. The predicted octanol–water partition coefficient (Wildman–Crippen LogP) is 5.19. The summed E-state index contributed by atoms with van der Waals surface area (Å²) >= 11 is 1.02. The molecule has 0 unspecified atom stereocenters. The molecule has 0 bridgehead atoms. The van der Waals surface area contributed by atoms with E-state index in [0.717, 1.165) is 22.6 Å². The summed E-state index contributed by atoms with van der Waals surface area (Å²) in [6.07, 6.45) is 0. The first kappa shape index (κ1) is 22.0. The molecule has 2 aromatic heterocycles. The number of aromatic nitrogens is 1. The summed E-state index contributed by atoms with van der Waals surface area (Å²) in [6.45, 7) is 1.65. The van der Waals surface area contributed by atoms with Gasteiger partial charge in [-0.2, -0.15) is 5.26 Å². The minimum Gasteiger partial charge on any atom is -0.497 e. The molecule has 164 valence electrons. The normalized spacial score (nSPS) is 10.5. The molecule has 8 heteroatoms. The molecule has 0 saturated carbocycles. The number of rotatable bonds is 5. The second-order valence-corrected chi connectivity index (χ2v) is 8.14. The van der Waals surface area contributed by atoms with Crippen LogP contribution in [0.3, 0.4) is 0 Å². The van der Waals surface area contributed by atoms with Crippen molar-refractivity contribution in [3.05, 3.63) is 76.2 Å². The third-order valence-electron chi connectivity index (χ3n) is 5.20. The van der Waals surface area contributed by atoms with Crippen LogP contribution in [-0.4, -0.2) is 31.1 Å². The molecule has 0 fully saturated rings. The number of ether oxygens (including phenoxy) is 2. The quantitative estimate of drug-likeness (QED) is 0.414. The van der Waals surface area contributed by atoms with Crippen LogP contribution in [0, 0.1) is 18.3 Å². The Morgan fingerprint density at radius 2 is 1.82 bits per heavy atom. The molecule has 0 spiro atoms. The molecule has 0 saturated heterocycles. The number of benzene rings is 2. The molecule has 1 amide bonds. The van der Waals surface area contributed by atoms with Gasteiger partial charge in [0.1, 0.15) is 21.7 Å². The summed E-state index contributed by atoms with van der Waals surface area (Å²) in [5.74, 6) is -0.237. The van der Waals surface area contributed by atoms with Crippen molar-refractivity contribution >= 4 is 39.1 Å². The van der Waals surface area contributed by atoms with Gasteiger partial charge in [-0.05, 0) is 48.9 Å². The third kappa shape index (κ3) is 4.14. The third-order valence-corrected chi connectivity index (χ3v) is 6.39. The van der Waals surface area contributed by atoms with Crippen LogP contribution in [0.4, 0.5) is 5.00 Å². The van der Waals surface area contributed by atoms with E-state index in [-0.39, 0.29) is 10.4 Å². The van der Waals surface area contributed by atoms with Crippen molar-refractivity contribution < 1.29 is 19.1 Å². The van der Waals surface area contributed by atoms with E-state index in [1.807, 2.05) is 48.5 Å². The maximum atomic E-state index is 13.4. The number of anilines is 1. The first-order chi connectivity index (χ1) is 16.0. The molecule has 0 aliphatic rings. The van der Waals surface area contributed by atoms with E-state index in [4.69, 9.17) is 14.5 Å². The van der Waals surface area contributed by atoms with Gasteiger partial charge in [-0.25, -0.2) is 9.78 Å². The minimum absolute atomic E-state index is 0.238. The van der Waals surface area contributed by atoms with Crippen LogP contribution in [0.5, 0.6) is 5.75 Å². The van der Waals surface area contributed by atoms with E-state index < -0.39 is 11.9 Å². The number of nitrogens with one attached hydrogen (secondary N) is 1. The van der Waals surface area contributed by atoms with Gasteiger partial charge in [0.25, 0.3) is 5.91 Å². The molecule has 0 radical (unpaired) electrons. The fourth-order valence-corrected chi connectivity index (χ4v) is 4.54. The van der Waals surface area contributed by atoms with E-state index in [9.17, 15) is 14.9 Å². The van der Waals surface area contributed by atoms with Crippen LogP contribution < -0.4 is 10.1 Å². The number of methoxy groups -OCH3 is 2. The molecular weight excluding hydrogens is 438 g/mol. The van der Waals surface area contributed by atoms with E-state index in [0.29, 0.717) is 32.7 Å². The van der Waals surface area contributed by atoms with Gasteiger partial charge >= 0.3 is 5.97 Å². The zero-order chi connectivity index (χ0) is 23.5. The average Bonchev–Trinajstić information content (AvgIpc) is 3.17. The number of hydrogen-bond donors (Lipinski definition) is 1. The first-order valence-electron chi connectivity index (χ1n) is 9.94. The number of carbonyl (C=O) groups excluding carboxylic acids is 2. The summed E-state index contributed by atoms with van der Waals surface area (Å²) in [5, 5.41) is 13.4. The van der Waals surface area contributed by atoms with Crippen molar-refractivity contribution in [2.75, 3.05) is 19.5 Å². The Labute approximate surface area is 194 Å². The second kappa shape index (κ2) is 9.10. The molecule has 4 aromatic rings. The van der Waals surface area contributed by atoms with Crippen molar-refractivity contribution in [3.63, 3.8) is 0 Å². The molecular formula is C25H19N3O4S. The molecule has 0 atom stereocenters. The lowest BCUT2D eigenvalue weighted by molar-refractivity contribution is 0.0605. The highest BCUT2D eigenvalue weighted by molar-refractivity contribution is 7.18. The number of thiophene rings is 1. The highest BCUT2D eigenvalue weighted by Gasteiger charge is 2.23. The number of esters is 1. The standard InChI is InChI=1S/C25H19N3O4S/c1-14-19(13-26)24(33-22(14)25(30)32-3)28-23(29)18-12-21(15-8-10-16(31-2)11-9-15)27-20-7-5-4-6-17(18)20/h4-12H,1-3H3,(H,28,29). The summed E-state index contributed by atoms with van der Waals surface area (Å²) < 4.78 is 10.0.